The van der Waals surface area contributed by atoms with Crippen molar-refractivity contribution in [2.24, 2.45) is 4.99 Å². The average Bonchev–Trinajstić information content (AvgIpc) is 2.53. The topological polar surface area (TPSA) is 131 Å². The summed E-state index contributed by atoms with van der Waals surface area (Å²) in [5, 5.41) is 45.8. The van der Waals surface area contributed by atoms with Crippen LogP contribution in [0.2, 0.25) is 0 Å². The zero-order chi connectivity index (χ0) is 16.3. The molecule has 0 spiro atoms. The molecule has 21 heavy (non-hydrogen) atoms. The van der Waals surface area contributed by atoms with Crippen molar-refractivity contribution < 1.29 is 30.3 Å². The van der Waals surface area contributed by atoms with Gasteiger partial charge in [0.2, 0.25) is 0 Å². The van der Waals surface area contributed by atoms with Gasteiger partial charge in [-0.3, -0.25) is 0 Å². The number of hydrogen-bond acceptors (Lipinski definition) is 8. The van der Waals surface area contributed by atoms with Crippen molar-refractivity contribution in [3.8, 4) is 0 Å². The van der Waals surface area contributed by atoms with Gasteiger partial charge in [-0.1, -0.05) is 18.2 Å². The Hall–Kier alpha value is -1.51. The Balaban J connectivity index is 0.000000394. The average molecular weight is 315 g/mol. The molecule has 5 N–H and O–H groups in total. The first-order chi connectivity index (χ1) is 9.97. The number of aliphatic hydroxyl groups is 5. The van der Waals surface area contributed by atoms with E-state index in [1.54, 1.807) is 0 Å². The van der Waals surface area contributed by atoms with Gasteiger partial charge in [0.1, 0.15) is 24.4 Å². The minimum absolute atomic E-state index is 0.0258. The number of hydrogen-bond donors (Lipinski definition) is 5. The molecule has 0 heterocycles. The highest BCUT2D eigenvalue weighted by atomic mass is 32.1. The van der Waals surface area contributed by atoms with Crippen LogP contribution in [-0.4, -0.2) is 68.0 Å². The maximum absolute atomic E-state index is 9.90. The van der Waals surface area contributed by atoms with Crippen LogP contribution in [-0.2, 0) is 4.79 Å². The zero-order valence-corrected chi connectivity index (χ0v) is 11.8. The normalized spacial score (nSPS) is 15.5. The van der Waals surface area contributed by atoms with Crippen molar-refractivity contribution in [1.82, 2.24) is 0 Å². The largest absolute Gasteiger partial charge is 0.394 e. The van der Waals surface area contributed by atoms with E-state index in [1.807, 2.05) is 30.3 Å². The van der Waals surface area contributed by atoms with Crippen LogP contribution >= 0.6 is 12.2 Å². The van der Waals surface area contributed by atoms with Gasteiger partial charge in [-0.25, -0.2) is 0 Å². The number of isothiocyanates is 1. The van der Waals surface area contributed by atoms with Gasteiger partial charge in [0.15, 0.2) is 6.29 Å². The van der Waals surface area contributed by atoms with E-state index in [0.29, 0.717) is 0 Å². The summed E-state index contributed by atoms with van der Waals surface area (Å²) < 4.78 is 0. The Bertz CT molecular complexity index is 451. The van der Waals surface area contributed by atoms with E-state index in [4.69, 9.17) is 25.5 Å². The summed E-state index contributed by atoms with van der Waals surface area (Å²) in [5.41, 5.74) is 0.854. The molecule has 0 aliphatic heterocycles. The lowest BCUT2D eigenvalue weighted by Crippen LogP contribution is -2.46. The molecule has 1 aromatic rings. The monoisotopic (exact) mass is 315 g/mol. The Kier molecular flexibility index (Phi) is 10.4. The second-order valence-corrected chi connectivity index (χ2v) is 4.08. The van der Waals surface area contributed by atoms with Gasteiger partial charge in [-0.05, 0) is 24.4 Å². The Morgan fingerprint density at radius 1 is 1.14 bits per heavy atom. The molecule has 0 fully saturated rings. The highest BCUT2D eigenvalue weighted by Gasteiger charge is 2.29. The number of nitrogens with zero attached hydrogens (tertiary/aromatic N) is 1. The summed E-state index contributed by atoms with van der Waals surface area (Å²) in [5.74, 6) is 0. The number of aliphatic hydroxyl groups excluding tert-OH is 5. The van der Waals surface area contributed by atoms with E-state index >= 15 is 0 Å². The molecule has 4 unspecified atom stereocenters. The number of para-hydroxylation sites is 1. The summed E-state index contributed by atoms with van der Waals surface area (Å²) in [6.07, 6.45) is -6.84. The molecule has 7 nitrogen and oxygen atoms in total. The third kappa shape index (κ3) is 7.74. The van der Waals surface area contributed by atoms with Crippen LogP contribution in [0.5, 0.6) is 0 Å². The first kappa shape index (κ1) is 19.5. The molecule has 0 saturated heterocycles. The van der Waals surface area contributed by atoms with Crippen molar-refractivity contribution in [1.29, 1.82) is 0 Å². The van der Waals surface area contributed by atoms with Gasteiger partial charge in [0.05, 0.1) is 17.5 Å². The summed E-state index contributed by atoms with van der Waals surface area (Å²) in [6, 6.07) is 9.50. The highest BCUT2D eigenvalue weighted by Crippen LogP contribution is 2.07. The Morgan fingerprint density at radius 2 is 1.71 bits per heavy atom. The molecule has 0 bridgehead atoms. The van der Waals surface area contributed by atoms with E-state index in [0.717, 1.165) is 5.69 Å². The molecule has 8 heteroatoms. The molecular weight excluding hydrogens is 298 g/mol. The SMILES string of the molecule is O=CC(O)C(O)C(O)C(O)CO.S=C=Nc1ccccc1. The molecule has 0 saturated carbocycles. The van der Waals surface area contributed by atoms with E-state index in [1.165, 1.54) is 0 Å². The third-order valence-electron chi connectivity index (χ3n) is 2.35. The minimum atomic E-state index is -1.79. The number of rotatable bonds is 6. The van der Waals surface area contributed by atoms with Crippen LogP contribution in [0.4, 0.5) is 5.69 Å². The number of carbonyl (C=O) groups is 1. The lowest BCUT2D eigenvalue weighted by molar-refractivity contribution is -0.136. The van der Waals surface area contributed by atoms with E-state index in [-0.39, 0.29) is 6.29 Å². The maximum Gasteiger partial charge on any atom is 0.151 e. The predicted molar refractivity (Wildman–Crippen MR) is 78.3 cm³/mol. The predicted octanol–water partition coefficient (Wildman–Crippen LogP) is -0.958. The third-order valence-corrected chi connectivity index (χ3v) is 2.44. The van der Waals surface area contributed by atoms with Gasteiger partial charge >= 0.3 is 0 Å². The molecule has 1 rings (SSSR count). The quantitative estimate of drug-likeness (QED) is 0.260. The van der Waals surface area contributed by atoms with Crippen molar-refractivity contribution >= 4 is 29.4 Å². The number of carbonyl (C=O) groups excluding carboxylic acids is 1. The molecular formula is C13H17NO6S. The second-order valence-electron chi connectivity index (χ2n) is 3.90. The molecule has 1 aromatic carbocycles. The smallest absolute Gasteiger partial charge is 0.151 e. The lowest BCUT2D eigenvalue weighted by Gasteiger charge is -2.22. The highest BCUT2D eigenvalue weighted by molar-refractivity contribution is 7.78. The van der Waals surface area contributed by atoms with E-state index in [9.17, 15) is 4.79 Å². The number of benzene rings is 1. The molecule has 4 atom stereocenters. The van der Waals surface area contributed by atoms with Gasteiger partial charge < -0.3 is 30.3 Å². The molecule has 116 valence electrons. The van der Waals surface area contributed by atoms with Gasteiger partial charge in [0.25, 0.3) is 0 Å². The number of thiocarbonyl (C=S) groups is 1. The van der Waals surface area contributed by atoms with E-state index < -0.39 is 31.0 Å². The van der Waals surface area contributed by atoms with Crippen LogP contribution in [0.3, 0.4) is 0 Å². The number of aldehydes is 1. The van der Waals surface area contributed by atoms with Crippen molar-refractivity contribution in [3.05, 3.63) is 30.3 Å². The fourth-order valence-electron chi connectivity index (χ4n) is 1.17. The standard InChI is InChI=1S/C7H5NS.C6H12O6/c9-6-8-7-4-2-1-3-5-7;7-1-3(9)5(11)6(12)4(10)2-8/h1-5H;1,3-6,8-12H,2H2. The van der Waals surface area contributed by atoms with Gasteiger partial charge in [-0.15, -0.1) is 0 Å². The summed E-state index contributed by atoms with van der Waals surface area (Å²) in [6.45, 7) is -0.760. The zero-order valence-electron chi connectivity index (χ0n) is 11.0. The molecule has 0 amide bonds. The minimum Gasteiger partial charge on any atom is -0.394 e. The van der Waals surface area contributed by atoms with Crippen molar-refractivity contribution in [2.45, 2.75) is 24.4 Å². The second kappa shape index (κ2) is 11.2. The molecule has 0 aliphatic carbocycles. The summed E-state index contributed by atoms with van der Waals surface area (Å²) >= 11 is 4.42. The summed E-state index contributed by atoms with van der Waals surface area (Å²) in [4.78, 5) is 13.7. The van der Waals surface area contributed by atoms with Crippen molar-refractivity contribution in [3.63, 3.8) is 0 Å². The Morgan fingerprint density at radius 3 is 2.14 bits per heavy atom. The molecule has 0 aliphatic rings. The first-order valence-electron chi connectivity index (χ1n) is 5.89. The van der Waals surface area contributed by atoms with Crippen molar-refractivity contribution in [2.75, 3.05) is 6.61 Å². The first-order valence-corrected chi connectivity index (χ1v) is 6.30. The summed E-state index contributed by atoms with van der Waals surface area (Å²) in [7, 11) is 0. The van der Waals surface area contributed by atoms with Crippen LogP contribution < -0.4 is 0 Å². The van der Waals surface area contributed by atoms with Gasteiger partial charge in [0, 0.05) is 0 Å². The van der Waals surface area contributed by atoms with Gasteiger partial charge in [-0.2, -0.15) is 4.99 Å². The van der Waals surface area contributed by atoms with Crippen LogP contribution in [0.25, 0.3) is 0 Å². The fraction of sp³-hybridized carbons (Fsp3) is 0.385. The fourth-order valence-corrected chi connectivity index (χ4v) is 1.28. The molecule has 0 aromatic heterocycles. The number of aliphatic imine (C=N–C) groups is 1. The van der Waals surface area contributed by atoms with Crippen LogP contribution in [0, 0.1) is 0 Å². The van der Waals surface area contributed by atoms with Crippen LogP contribution in [0.15, 0.2) is 35.3 Å². The lowest BCUT2D eigenvalue weighted by atomic mass is 10.0. The maximum atomic E-state index is 9.90. The van der Waals surface area contributed by atoms with E-state index in [2.05, 4.69) is 22.4 Å². The molecule has 0 radical (unpaired) electrons. The Labute approximate surface area is 126 Å². The van der Waals surface area contributed by atoms with Crippen LogP contribution in [0.1, 0.15) is 0 Å².